The van der Waals surface area contributed by atoms with Gasteiger partial charge in [-0.2, -0.15) is 0 Å². The molecule has 10 heteroatoms. The number of fused-ring (bicyclic) bond motifs is 2. The molecule has 0 aliphatic carbocycles. The van der Waals surface area contributed by atoms with Crippen molar-refractivity contribution in [1.29, 1.82) is 0 Å². The summed E-state index contributed by atoms with van der Waals surface area (Å²) in [4.78, 5) is 11.2. The Morgan fingerprint density at radius 3 is 2.07 bits per heavy atom. The number of rotatable bonds is 13. The van der Waals surface area contributed by atoms with Crippen LogP contribution in [0.15, 0.2) is 66.7 Å². The number of para-hydroxylation sites is 3. The van der Waals surface area contributed by atoms with Gasteiger partial charge < -0.3 is 33.5 Å². The first kappa shape index (κ1) is 35.0. The van der Waals surface area contributed by atoms with Crippen molar-refractivity contribution in [1.82, 2.24) is 0 Å². The molecule has 3 aromatic rings. The van der Waals surface area contributed by atoms with Crippen LogP contribution in [0.1, 0.15) is 88.2 Å². The molecule has 3 aromatic carbocycles. The van der Waals surface area contributed by atoms with E-state index in [1.165, 1.54) is 43.9 Å². The molecule has 0 saturated carbocycles. The molecule has 0 radical (unpaired) electrons. The molecule has 0 bridgehead atoms. The minimum Gasteiger partial charge on any atom is -0.508 e. The lowest BCUT2D eigenvalue weighted by molar-refractivity contribution is -0.385. The summed E-state index contributed by atoms with van der Waals surface area (Å²) in [6, 6.07) is 18.8. The van der Waals surface area contributed by atoms with Crippen molar-refractivity contribution in [3.05, 3.63) is 88.0 Å². The first-order chi connectivity index (χ1) is 22.6. The summed E-state index contributed by atoms with van der Waals surface area (Å²) in [5.41, 5.74) is 0.834. The zero-order valence-electron chi connectivity index (χ0n) is 26.8. The molecule has 0 fully saturated rings. The highest BCUT2D eigenvalue weighted by molar-refractivity contribution is 5.45. The first-order valence-corrected chi connectivity index (χ1v) is 16.4. The number of benzene rings is 3. The van der Waals surface area contributed by atoms with E-state index in [2.05, 4.69) is 6.92 Å². The van der Waals surface area contributed by atoms with Gasteiger partial charge in [-0.25, -0.2) is 0 Å². The van der Waals surface area contributed by atoms with E-state index in [0.29, 0.717) is 74.4 Å². The van der Waals surface area contributed by atoms with Gasteiger partial charge in [-0.05, 0) is 36.8 Å². The second-order valence-corrected chi connectivity index (χ2v) is 11.2. The Morgan fingerprint density at radius 2 is 1.37 bits per heavy atom. The van der Waals surface area contributed by atoms with Crippen molar-refractivity contribution < 1.29 is 38.5 Å². The van der Waals surface area contributed by atoms with Crippen molar-refractivity contribution in [2.75, 3.05) is 39.6 Å². The topological polar surface area (TPSA) is 119 Å². The first-order valence-electron chi connectivity index (χ1n) is 16.4. The fourth-order valence-electron chi connectivity index (χ4n) is 5.32. The van der Waals surface area contributed by atoms with Crippen molar-refractivity contribution in [2.45, 2.75) is 77.1 Å². The average Bonchev–Trinajstić information content (AvgIpc) is 3.06. The molecular formula is C36H47NO9. The molecule has 1 aliphatic rings. The number of phenols is 1. The highest BCUT2D eigenvalue weighted by Crippen LogP contribution is 2.41. The number of hydrogen-bond acceptors (Lipinski definition) is 9. The van der Waals surface area contributed by atoms with Crippen molar-refractivity contribution in [3.63, 3.8) is 0 Å². The molecule has 0 aromatic heterocycles. The van der Waals surface area contributed by atoms with Crippen LogP contribution >= 0.6 is 0 Å². The monoisotopic (exact) mass is 637 g/mol. The number of ether oxygens (including phenoxy) is 6. The predicted octanol–water partition coefficient (Wildman–Crippen LogP) is 8.47. The lowest BCUT2D eigenvalue weighted by Crippen LogP contribution is -2.19. The molecule has 10 nitrogen and oxygen atoms in total. The largest absolute Gasteiger partial charge is 0.508 e. The lowest BCUT2D eigenvalue weighted by Gasteiger charge is -2.28. The van der Waals surface area contributed by atoms with Crippen molar-refractivity contribution >= 4 is 5.69 Å². The normalized spacial score (nSPS) is 16.6. The number of nitrogens with zero attached hydrogens (tertiary/aromatic N) is 1. The Balaban J connectivity index is 1.65. The smallest absolute Gasteiger partial charge is 0.270 e. The quantitative estimate of drug-likeness (QED) is 0.112. The predicted molar refractivity (Wildman–Crippen MR) is 175 cm³/mol. The van der Waals surface area contributed by atoms with Crippen LogP contribution in [-0.4, -0.2) is 49.7 Å². The molecule has 4 rings (SSSR count). The summed E-state index contributed by atoms with van der Waals surface area (Å²) in [6.07, 6.45) is 7.76. The van der Waals surface area contributed by atoms with Gasteiger partial charge >= 0.3 is 0 Å². The number of unbranched alkanes of at least 4 members (excludes halogenated alkanes) is 7. The summed E-state index contributed by atoms with van der Waals surface area (Å²) < 4.78 is 36.7. The summed E-state index contributed by atoms with van der Waals surface area (Å²) in [7, 11) is 0. The van der Waals surface area contributed by atoms with Gasteiger partial charge in [0.2, 0.25) is 6.29 Å². The van der Waals surface area contributed by atoms with Crippen LogP contribution in [0.4, 0.5) is 5.69 Å². The van der Waals surface area contributed by atoms with Crippen LogP contribution in [0.25, 0.3) is 0 Å². The zero-order valence-corrected chi connectivity index (χ0v) is 26.8. The highest BCUT2D eigenvalue weighted by Gasteiger charge is 2.28. The molecule has 1 aliphatic heterocycles. The molecule has 1 N–H and O–H groups in total. The van der Waals surface area contributed by atoms with Gasteiger partial charge in [0, 0.05) is 17.7 Å². The third kappa shape index (κ3) is 11.2. The van der Waals surface area contributed by atoms with E-state index in [4.69, 9.17) is 28.4 Å². The minimum atomic E-state index is -1.01. The fraction of sp³-hybridized carbons (Fsp3) is 0.500. The molecule has 250 valence electrons. The van der Waals surface area contributed by atoms with E-state index in [0.717, 1.165) is 25.7 Å². The molecule has 0 saturated heterocycles. The van der Waals surface area contributed by atoms with Crippen LogP contribution in [0.3, 0.4) is 0 Å². The average molecular weight is 638 g/mol. The molecule has 1 heterocycles. The maximum atomic E-state index is 11.7. The molecule has 2 atom stereocenters. The van der Waals surface area contributed by atoms with E-state index in [1.807, 2.05) is 42.5 Å². The van der Waals surface area contributed by atoms with Gasteiger partial charge in [-0.1, -0.05) is 82.6 Å². The number of phenolic OH excluding ortho intramolecular Hbond substituents is 1. The Morgan fingerprint density at radius 1 is 0.783 bits per heavy atom. The number of nitro groups is 1. The molecule has 2 unspecified atom stereocenters. The maximum absolute atomic E-state index is 11.7. The van der Waals surface area contributed by atoms with Crippen molar-refractivity contribution in [2.24, 2.45) is 0 Å². The Labute approximate surface area is 271 Å². The van der Waals surface area contributed by atoms with Crippen LogP contribution in [-0.2, 0) is 14.2 Å². The Kier molecular flexibility index (Phi) is 14.9. The summed E-state index contributed by atoms with van der Waals surface area (Å²) >= 11 is 0. The minimum absolute atomic E-state index is 0.0752. The van der Waals surface area contributed by atoms with Gasteiger partial charge in [-0.15, -0.1) is 0 Å². The SMILES string of the molecule is CCCCCCCCCCC(OC1Oc2ccccc2OCCOCCOCCOc2ccccc21)c1cc([N+](=O)[O-])ccc1O. The van der Waals surface area contributed by atoms with E-state index < -0.39 is 17.3 Å². The van der Waals surface area contributed by atoms with E-state index in [1.54, 1.807) is 6.07 Å². The summed E-state index contributed by atoms with van der Waals surface area (Å²) in [5.74, 6) is 1.44. The summed E-state index contributed by atoms with van der Waals surface area (Å²) in [6.45, 7) is 4.45. The van der Waals surface area contributed by atoms with E-state index in [9.17, 15) is 15.2 Å². The second kappa shape index (κ2) is 19.6. The standard InChI is InChI=1S/C36H47NO9/c1-2-3-4-5-6-7-8-9-16-33(30-27-28(37(39)40)19-20-31(30)38)45-36-29-14-10-11-15-32(29)43-25-23-41-21-22-42-24-26-44-34-17-12-13-18-35(34)46-36/h10-15,17-20,27,33,36,38H,2-9,16,21-26H2,1H3. The third-order valence-corrected chi connectivity index (χ3v) is 7.78. The van der Waals surface area contributed by atoms with Gasteiger partial charge in [0.1, 0.15) is 24.7 Å². The number of nitro benzene ring substituents is 1. The zero-order chi connectivity index (χ0) is 32.4. The maximum Gasteiger partial charge on any atom is 0.270 e. The van der Waals surface area contributed by atoms with Crippen LogP contribution in [0.5, 0.6) is 23.0 Å². The van der Waals surface area contributed by atoms with E-state index in [-0.39, 0.29) is 11.4 Å². The van der Waals surface area contributed by atoms with Crippen LogP contribution in [0.2, 0.25) is 0 Å². The molecule has 46 heavy (non-hydrogen) atoms. The van der Waals surface area contributed by atoms with Crippen molar-refractivity contribution in [3.8, 4) is 23.0 Å². The van der Waals surface area contributed by atoms with E-state index >= 15 is 0 Å². The Hall–Kier alpha value is -3.86. The number of non-ortho nitro benzene ring substituents is 1. The fourth-order valence-corrected chi connectivity index (χ4v) is 5.32. The lowest BCUT2D eigenvalue weighted by atomic mass is 10.00. The van der Waals surface area contributed by atoms with Gasteiger partial charge in [0.25, 0.3) is 5.69 Å². The number of hydrogen-bond donors (Lipinski definition) is 1. The van der Waals surface area contributed by atoms with Crippen LogP contribution in [0, 0.1) is 10.1 Å². The molecule has 0 amide bonds. The highest BCUT2D eigenvalue weighted by atomic mass is 16.7. The van der Waals surface area contributed by atoms with Gasteiger partial charge in [0.05, 0.1) is 43.0 Å². The molecule has 0 spiro atoms. The Bertz CT molecular complexity index is 1330. The van der Waals surface area contributed by atoms with Gasteiger partial charge in [0.15, 0.2) is 11.5 Å². The summed E-state index contributed by atoms with van der Waals surface area (Å²) in [5, 5.41) is 22.6. The van der Waals surface area contributed by atoms with Crippen LogP contribution < -0.4 is 14.2 Å². The third-order valence-electron chi connectivity index (χ3n) is 7.78. The second-order valence-electron chi connectivity index (χ2n) is 11.2. The van der Waals surface area contributed by atoms with Gasteiger partial charge in [-0.3, -0.25) is 10.1 Å². The number of aromatic hydroxyl groups is 1. The molecular weight excluding hydrogens is 590 g/mol.